The van der Waals surface area contributed by atoms with Crippen LogP contribution in [0.1, 0.15) is 34.6 Å². The number of hydrogen-bond acceptors (Lipinski definition) is 3. The molecule has 0 aliphatic carbocycles. The van der Waals surface area contributed by atoms with Crippen LogP contribution < -0.4 is 10.6 Å². The molecule has 2 atom stereocenters. The van der Waals surface area contributed by atoms with E-state index in [1.807, 2.05) is 7.05 Å². The van der Waals surface area contributed by atoms with Crippen molar-refractivity contribution in [3.05, 3.63) is 0 Å². The van der Waals surface area contributed by atoms with Gasteiger partial charge in [0, 0.05) is 45.3 Å². The highest BCUT2D eigenvalue weighted by Crippen LogP contribution is 2.18. The van der Waals surface area contributed by atoms with Crippen molar-refractivity contribution < 1.29 is 0 Å². The van der Waals surface area contributed by atoms with Gasteiger partial charge in [-0.15, -0.1) is 24.0 Å². The van der Waals surface area contributed by atoms with Crippen LogP contribution in [0.3, 0.4) is 0 Å². The van der Waals surface area contributed by atoms with Gasteiger partial charge >= 0.3 is 0 Å². The first-order valence-electron chi connectivity index (χ1n) is 8.45. The Kier molecular flexibility index (Phi) is 11.4. The molecule has 132 valence electrons. The first-order valence-corrected chi connectivity index (χ1v) is 8.45. The summed E-state index contributed by atoms with van der Waals surface area (Å²) >= 11 is 0. The van der Waals surface area contributed by atoms with E-state index in [4.69, 9.17) is 0 Å². The smallest absolute Gasteiger partial charge is 0.191 e. The minimum absolute atomic E-state index is 0. The predicted molar refractivity (Wildman–Crippen MR) is 107 cm³/mol. The largest absolute Gasteiger partial charge is 0.355 e. The number of guanidine groups is 1. The van der Waals surface area contributed by atoms with Crippen LogP contribution in [-0.4, -0.2) is 74.2 Å². The van der Waals surface area contributed by atoms with Gasteiger partial charge in [0.05, 0.1) is 0 Å². The van der Waals surface area contributed by atoms with E-state index in [0.717, 1.165) is 38.7 Å². The van der Waals surface area contributed by atoms with E-state index < -0.39 is 0 Å². The summed E-state index contributed by atoms with van der Waals surface area (Å²) in [6.07, 6.45) is 0. The van der Waals surface area contributed by atoms with Gasteiger partial charge in [0.15, 0.2) is 5.96 Å². The molecule has 0 aromatic rings. The van der Waals surface area contributed by atoms with Gasteiger partial charge in [-0.25, -0.2) is 0 Å². The average molecular weight is 425 g/mol. The third-order valence-corrected chi connectivity index (χ3v) is 4.53. The minimum atomic E-state index is 0. The van der Waals surface area contributed by atoms with Crippen LogP contribution in [0.4, 0.5) is 0 Å². The van der Waals surface area contributed by atoms with Crippen molar-refractivity contribution in [2.24, 2.45) is 10.9 Å². The highest BCUT2D eigenvalue weighted by molar-refractivity contribution is 14.0. The molecule has 1 fully saturated rings. The fraction of sp³-hybridized carbons (Fsp3) is 0.938. The lowest BCUT2D eigenvalue weighted by atomic mass is 10.1. The molecule has 22 heavy (non-hydrogen) atoms. The summed E-state index contributed by atoms with van der Waals surface area (Å²) in [6, 6.07) is 1.11. The van der Waals surface area contributed by atoms with Crippen LogP contribution >= 0.6 is 24.0 Å². The fourth-order valence-corrected chi connectivity index (χ4v) is 2.86. The molecular weight excluding hydrogens is 389 g/mol. The van der Waals surface area contributed by atoms with Gasteiger partial charge in [0.1, 0.15) is 0 Å². The van der Waals surface area contributed by atoms with Gasteiger partial charge in [-0.2, -0.15) is 0 Å². The van der Waals surface area contributed by atoms with Crippen LogP contribution in [0.5, 0.6) is 0 Å². The third kappa shape index (κ3) is 7.00. The fourth-order valence-electron chi connectivity index (χ4n) is 2.86. The zero-order valence-corrected chi connectivity index (χ0v) is 17.6. The summed E-state index contributed by atoms with van der Waals surface area (Å²) in [7, 11) is 1.85. The second-order valence-corrected chi connectivity index (χ2v) is 6.30. The molecule has 1 aliphatic rings. The number of rotatable bonds is 7. The topological polar surface area (TPSA) is 42.9 Å². The molecule has 5 nitrogen and oxygen atoms in total. The molecule has 0 spiro atoms. The van der Waals surface area contributed by atoms with Gasteiger partial charge in [-0.3, -0.25) is 9.89 Å². The van der Waals surface area contributed by atoms with Crippen LogP contribution in [0.2, 0.25) is 0 Å². The zero-order valence-electron chi connectivity index (χ0n) is 15.2. The third-order valence-electron chi connectivity index (χ3n) is 4.53. The molecule has 0 bridgehead atoms. The Balaban J connectivity index is 0.00000441. The van der Waals surface area contributed by atoms with E-state index in [1.54, 1.807) is 0 Å². The molecule has 0 amide bonds. The minimum Gasteiger partial charge on any atom is -0.355 e. The number of likely N-dealkylation sites (N-methyl/N-ethyl adjacent to an activating group) is 1. The molecule has 1 saturated heterocycles. The van der Waals surface area contributed by atoms with Gasteiger partial charge in [0.25, 0.3) is 0 Å². The zero-order chi connectivity index (χ0) is 15.8. The van der Waals surface area contributed by atoms with Crippen molar-refractivity contribution >= 4 is 29.9 Å². The van der Waals surface area contributed by atoms with Gasteiger partial charge in [-0.1, -0.05) is 20.8 Å². The highest BCUT2D eigenvalue weighted by atomic mass is 127. The summed E-state index contributed by atoms with van der Waals surface area (Å²) in [5.41, 5.74) is 0. The molecule has 1 heterocycles. The number of nitrogens with zero attached hydrogens (tertiary/aromatic N) is 3. The van der Waals surface area contributed by atoms with Crippen LogP contribution in [0.15, 0.2) is 4.99 Å². The Morgan fingerprint density at radius 2 is 1.91 bits per heavy atom. The maximum atomic E-state index is 4.36. The summed E-state index contributed by atoms with van der Waals surface area (Å²) in [5.74, 6) is 1.60. The van der Waals surface area contributed by atoms with E-state index in [9.17, 15) is 0 Å². The normalized spacial score (nSPS) is 23.0. The van der Waals surface area contributed by atoms with Gasteiger partial charge in [-0.05, 0) is 32.9 Å². The second kappa shape index (κ2) is 11.5. The molecule has 0 aromatic heterocycles. The number of halogens is 1. The maximum Gasteiger partial charge on any atom is 0.191 e. The molecule has 6 heteroatoms. The summed E-state index contributed by atoms with van der Waals surface area (Å²) in [4.78, 5) is 9.31. The number of hydrogen-bond donors (Lipinski definition) is 2. The number of nitrogens with one attached hydrogen (secondary N) is 2. The van der Waals surface area contributed by atoms with Crippen LogP contribution in [0.25, 0.3) is 0 Å². The first kappa shape index (κ1) is 21.9. The molecule has 0 radical (unpaired) electrons. The molecule has 0 saturated carbocycles. The van der Waals surface area contributed by atoms with Gasteiger partial charge in [0.2, 0.25) is 0 Å². The molecule has 2 N–H and O–H groups in total. The maximum absolute atomic E-state index is 4.36. The van der Waals surface area contributed by atoms with Crippen molar-refractivity contribution in [1.29, 1.82) is 0 Å². The number of likely N-dealkylation sites (tertiary alicyclic amines) is 1. The Morgan fingerprint density at radius 1 is 1.27 bits per heavy atom. The molecule has 1 rings (SSSR count). The number of aliphatic imine (C=N–C) groups is 1. The molecule has 2 unspecified atom stereocenters. The van der Waals surface area contributed by atoms with Crippen molar-refractivity contribution in [2.75, 3.05) is 46.3 Å². The lowest BCUT2D eigenvalue weighted by molar-refractivity contribution is 0.265. The second-order valence-electron chi connectivity index (χ2n) is 6.30. The quantitative estimate of drug-likeness (QED) is 0.371. The lowest BCUT2D eigenvalue weighted by Crippen LogP contribution is -2.48. The van der Waals surface area contributed by atoms with Crippen molar-refractivity contribution in [3.8, 4) is 0 Å². The summed E-state index contributed by atoms with van der Waals surface area (Å²) in [5, 5.41) is 7.03. The molecule has 1 aliphatic heterocycles. The molecule has 0 aromatic carbocycles. The predicted octanol–water partition coefficient (Wildman–Crippen LogP) is 1.84. The van der Waals surface area contributed by atoms with Crippen molar-refractivity contribution in [1.82, 2.24) is 20.4 Å². The van der Waals surface area contributed by atoms with E-state index >= 15 is 0 Å². The van der Waals surface area contributed by atoms with Gasteiger partial charge < -0.3 is 15.5 Å². The van der Waals surface area contributed by atoms with E-state index in [-0.39, 0.29) is 24.0 Å². The van der Waals surface area contributed by atoms with E-state index in [2.05, 4.69) is 60.0 Å². The Bertz CT molecular complexity index is 318. The Morgan fingerprint density at radius 3 is 2.36 bits per heavy atom. The standard InChI is InChI=1S/C16H35N5.HI/c1-7-20(8-2)10-9-18-16(17-6)19-15-12-21(13(3)4)11-14(15)5;/h13-15H,7-12H2,1-6H3,(H2,17,18,19);1H. The van der Waals surface area contributed by atoms with Crippen LogP contribution in [-0.2, 0) is 0 Å². The van der Waals surface area contributed by atoms with Crippen molar-refractivity contribution in [2.45, 2.75) is 46.7 Å². The lowest BCUT2D eigenvalue weighted by Gasteiger charge is -2.23. The van der Waals surface area contributed by atoms with E-state index in [0.29, 0.717) is 18.0 Å². The van der Waals surface area contributed by atoms with E-state index in [1.165, 1.54) is 6.54 Å². The first-order chi connectivity index (χ1) is 10.0. The SMILES string of the molecule is CCN(CC)CCNC(=NC)NC1CN(C(C)C)CC1C.I. The average Bonchev–Trinajstić information content (AvgIpc) is 2.83. The monoisotopic (exact) mass is 425 g/mol. The Hall–Kier alpha value is -0.0800. The summed E-state index contributed by atoms with van der Waals surface area (Å²) in [6.45, 7) is 17.8. The highest BCUT2D eigenvalue weighted by Gasteiger charge is 2.31. The molecular formula is C16H36IN5. The van der Waals surface area contributed by atoms with Crippen LogP contribution in [0, 0.1) is 5.92 Å². The Labute approximate surface area is 154 Å². The van der Waals surface area contributed by atoms with Crippen molar-refractivity contribution in [3.63, 3.8) is 0 Å². The summed E-state index contributed by atoms with van der Waals surface area (Å²) < 4.78 is 0.